The molecule has 0 saturated heterocycles. The maximum Gasteiger partial charge on any atom is 0.337 e. The molecular formula is C13H17NO4. The molecule has 1 aromatic carbocycles. The number of methoxy groups -OCH3 is 1. The summed E-state index contributed by atoms with van der Waals surface area (Å²) in [5.74, 6) is -1.38. The van der Waals surface area contributed by atoms with Crippen LogP contribution in [0.5, 0.6) is 0 Å². The molecule has 1 N–H and O–H groups in total. The lowest BCUT2D eigenvalue weighted by atomic mass is 10.1. The molecule has 0 aromatic heterocycles. The van der Waals surface area contributed by atoms with Crippen molar-refractivity contribution in [2.75, 3.05) is 19.1 Å². The zero-order valence-electron chi connectivity index (χ0n) is 10.9. The molecule has 0 aliphatic carbocycles. The summed E-state index contributed by atoms with van der Waals surface area (Å²) in [4.78, 5) is 24.6. The lowest BCUT2D eigenvalue weighted by molar-refractivity contribution is -0.136. The number of hydrogen-bond donors (Lipinski definition) is 1. The molecule has 1 amide bonds. The number of ether oxygens (including phenoxy) is 1. The number of carbonyl (C=O) groups excluding carboxylic acids is 1. The Balaban J connectivity index is 3.16. The fourth-order valence-corrected chi connectivity index (χ4v) is 1.55. The Labute approximate surface area is 106 Å². The standard InChI is InChI=1S/C13H17NO4/c1-13(2,18-4)12(17)14(3)10-8-6-5-7-9(10)11(15)16/h5-8H,1-4H3,(H,15,16). The summed E-state index contributed by atoms with van der Waals surface area (Å²) in [6.07, 6.45) is 0. The number of rotatable bonds is 4. The maximum atomic E-state index is 12.2. The number of hydrogen-bond acceptors (Lipinski definition) is 3. The van der Waals surface area contributed by atoms with E-state index in [9.17, 15) is 9.59 Å². The number of aromatic carboxylic acids is 1. The Hall–Kier alpha value is -1.88. The Morgan fingerprint density at radius 1 is 1.28 bits per heavy atom. The number of benzene rings is 1. The van der Waals surface area contributed by atoms with Gasteiger partial charge in [-0.1, -0.05) is 12.1 Å². The van der Waals surface area contributed by atoms with Crippen molar-refractivity contribution >= 4 is 17.6 Å². The number of para-hydroxylation sites is 1. The van der Waals surface area contributed by atoms with E-state index in [-0.39, 0.29) is 11.5 Å². The molecule has 1 aromatic rings. The molecule has 98 valence electrons. The third-order valence-electron chi connectivity index (χ3n) is 2.83. The fourth-order valence-electron chi connectivity index (χ4n) is 1.55. The van der Waals surface area contributed by atoms with Crippen LogP contribution in [-0.2, 0) is 9.53 Å². The number of anilines is 1. The van der Waals surface area contributed by atoms with Gasteiger partial charge in [-0.05, 0) is 26.0 Å². The molecule has 18 heavy (non-hydrogen) atoms. The quantitative estimate of drug-likeness (QED) is 0.885. The van der Waals surface area contributed by atoms with Crippen molar-refractivity contribution in [2.24, 2.45) is 0 Å². The summed E-state index contributed by atoms with van der Waals surface area (Å²) < 4.78 is 5.10. The molecule has 0 unspecified atom stereocenters. The molecule has 5 nitrogen and oxygen atoms in total. The Bertz CT molecular complexity index is 468. The summed E-state index contributed by atoms with van der Waals surface area (Å²) in [5.41, 5.74) is -0.569. The van der Waals surface area contributed by atoms with Crippen LogP contribution < -0.4 is 4.90 Å². The first-order valence-electron chi connectivity index (χ1n) is 5.47. The minimum atomic E-state index is -1.07. The van der Waals surface area contributed by atoms with E-state index >= 15 is 0 Å². The lowest BCUT2D eigenvalue weighted by Gasteiger charge is -2.28. The highest BCUT2D eigenvalue weighted by Crippen LogP contribution is 2.22. The zero-order chi connectivity index (χ0) is 13.9. The number of carboxylic acids is 1. The van der Waals surface area contributed by atoms with Crippen LogP contribution in [0.15, 0.2) is 24.3 Å². The van der Waals surface area contributed by atoms with Crippen molar-refractivity contribution in [1.82, 2.24) is 0 Å². The Morgan fingerprint density at radius 2 is 1.83 bits per heavy atom. The molecule has 0 aliphatic rings. The summed E-state index contributed by atoms with van der Waals surface area (Å²) in [6, 6.07) is 6.35. The Kier molecular flexibility index (Phi) is 4.08. The topological polar surface area (TPSA) is 66.8 Å². The van der Waals surface area contributed by atoms with Gasteiger partial charge in [0, 0.05) is 14.2 Å². The van der Waals surface area contributed by atoms with E-state index < -0.39 is 11.6 Å². The molecule has 0 atom stereocenters. The van der Waals surface area contributed by atoms with Crippen LogP contribution in [0.2, 0.25) is 0 Å². The highest BCUT2D eigenvalue weighted by molar-refractivity contribution is 6.04. The van der Waals surface area contributed by atoms with Gasteiger partial charge in [0.05, 0.1) is 11.3 Å². The number of likely N-dealkylation sites (N-methyl/N-ethyl adjacent to an activating group) is 1. The van der Waals surface area contributed by atoms with Gasteiger partial charge >= 0.3 is 5.97 Å². The molecule has 0 bridgehead atoms. The molecule has 5 heteroatoms. The van der Waals surface area contributed by atoms with E-state index in [2.05, 4.69) is 0 Å². The van der Waals surface area contributed by atoms with Crippen molar-refractivity contribution in [1.29, 1.82) is 0 Å². The molecular weight excluding hydrogens is 234 g/mol. The average molecular weight is 251 g/mol. The molecule has 0 spiro atoms. The van der Waals surface area contributed by atoms with Crippen molar-refractivity contribution in [2.45, 2.75) is 19.4 Å². The lowest BCUT2D eigenvalue weighted by Crippen LogP contribution is -2.45. The van der Waals surface area contributed by atoms with Gasteiger partial charge in [0.2, 0.25) is 0 Å². The van der Waals surface area contributed by atoms with Gasteiger partial charge in [-0.15, -0.1) is 0 Å². The smallest absolute Gasteiger partial charge is 0.337 e. The monoisotopic (exact) mass is 251 g/mol. The van der Waals surface area contributed by atoms with Gasteiger partial charge in [-0.25, -0.2) is 4.79 Å². The van der Waals surface area contributed by atoms with Crippen molar-refractivity contribution in [3.05, 3.63) is 29.8 Å². The molecule has 0 fully saturated rings. The molecule has 1 rings (SSSR count). The average Bonchev–Trinajstić information content (AvgIpc) is 2.36. The Morgan fingerprint density at radius 3 is 2.33 bits per heavy atom. The summed E-state index contributed by atoms with van der Waals surface area (Å²) in [7, 11) is 2.97. The first kappa shape index (κ1) is 14.2. The number of carboxylic acid groups (broad SMARTS) is 1. The van der Waals surface area contributed by atoms with Crippen molar-refractivity contribution in [3.8, 4) is 0 Å². The van der Waals surface area contributed by atoms with E-state index in [1.54, 1.807) is 32.0 Å². The highest BCUT2D eigenvalue weighted by Gasteiger charge is 2.32. The highest BCUT2D eigenvalue weighted by atomic mass is 16.5. The molecule has 0 radical (unpaired) electrons. The first-order valence-corrected chi connectivity index (χ1v) is 5.47. The van der Waals surface area contributed by atoms with E-state index in [0.29, 0.717) is 5.69 Å². The van der Waals surface area contributed by atoms with Crippen LogP contribution >= 0.6 is 0 Å². The van der Waals surface area contributed by atoms with Crippen molar-refractivity contribution < 1.29 is 19.4 Å². The van der Waals surface area contributed by atoms with Crippen LogP contribution in [0.3, 0.4) is 0 Å². The largest absolute Gasteiger partial charge is 0.478 e. The summed E-state index contributed by atoms with van der Waals surface area (Å²) in [6.45, 7) is 3.27. The third kappa shape index (κ3) is 2.68. The SMILES string of the molecule is COC(C)(C)C(=O)N(C)c1ccccc1C(=O)O. The first-order chi connectivity index (χ1) is 8.31. The summed E-state index contributed by atoms with van der Waals surface area (Å²) in [5, 5.41) is 9.09. The van der Waals surface area contributed by atoms with Gasteiger partial charge < -0.3 is 14.7 Å². The van der Waals surface area contributed by atoms with E-state index in [1.807, 2.05) is 0 Å². The van der Waals surface area contributed by atoms with Gasteiger partial charge in [-0.2, -0.15) is 0 Å². The van der Waals surface area contributed by atoms with Gasteiger partial charge in [-0.3, -0.25) is 4.79 Å². The van der Waals surface area contributed by atoms with Gasteiger partial charge in [0.15, 0.2) is 0 Å². The minimum absolute atomic E-state index is 0.0836. The summed E-state index contributed by atoms with van der Waals surface area (Å²) >= 11 is 0. The van der Waals surface area contributed by atoms with E-state index in [0.717, 1.165) is 0 Å². The molecule has 0 aliphatic heterocycles. The number of amides is 1. The van der Waals surface area contributed by atoms with Crippen molar-refractivity contribution in [3.63, 3.8) is 0 Å². The minimum Gasteiger partial charge on any atom is -0.478 e. The number of nitrogens with zero attached hydrogens (tertiary/aromatic N) is 1. The second-order valence-electron chi connectivity index (χ2n) is 4.40. The van der Waals surface area contributed by atoms with Crippen LogP contribution in [0.1, 0.15) is 24.2 Å². The predicted molar refractivity (Wildman–Crippen MR) is 67.9 cm³/mol. The normalized spacial score (nSPS) is 11.1. The van der Waals surface area contributed by atoms with Gasteiger partial charge in [0.1, 0.15) is 5.60 Å². The van der Waals surface area contributed by atoms with Crippen LogP contribution in [-0.4, -0.2) is 36.7 Å². The third-order valence-corrected chi connectivity index (χ3v) is 2.83. The van der Waals surface area contributed by atoms with E-state index in [1.165, 1.54) is 25.1 Å². The fraction of sp³-hybridized carbons (Fsp3) is 0.385. The molecule has 0 saturated carbocycles. The molecule has 0 heterocycles. The zero-order valence-corrected chi connectivity index (χ0v) is 10.9. The predicted octanol–water partition coefficient (Wildman–Crippen LogP) is 1.77. The number of carbonyl (C=O) groups is 2. The van der Waals surface area contributed by atoms with Crippen LogP contribution in [0, 0.1) is 0 Å². The second kappa shape index (κ2) is 5.18. The van der Waals surface area contributed by atoms with E-state index in [4.69, 9.17) is 9.84 Å². The van der Waals surface area contributed by atoms with Crippen LogP contribution in [0.25, 0.3) is 0 Å². The maximum absolute atomic E-state index is 12.2. The second-order valence-corrected chi connectivity index (χ2v) is 4.40. The van der Waals surface area contributed by atoms with Crippen LogP contribution in [0.4, 0.5) is 5.69 Å². The van der Waals surface area contributed by atoms with Gasteiger partial charge in [0.25, 0.3) is 5.91 Å².